The fraction of sp³-hybridized carbons (Fsp3) is 0.571. The summed E-state index contributed by atoms with van der Waals surface area (Å²) >= 11 is 0. The number of halogens is 2. The van der Waals surface area contributed by atoms with E-state index in [2.05, 4.69) is 5.32 Å². The van der Waals surface area contributed by atoms with Crippen LogP contribution in [0.3, 0.4) is 0 Å². The molecule has 0 aromatic heterocycles. The van der Waals surface area contributed by atoms with Crippen molar-refractivity contribution in [3.8, 4) is 0 Å². The van der Waals surface area contributed by atoms with E-state index in [-0.39, 0.29) is 0 Å². The van der Waals surface area contributed by atoms with E-state index in [1.807, 2.05) is 7.05 Å². The lowest BCUT2D eigenvalue weighted by atomic mass is 10.0. The van der Waals surface area contributed by atoms with Crippen molar-refractivity contribution >= 4 is 0 Å². The van der Waals surface area contributed by atoms with Gasteiger partial charge in [-0.3, -0.25) is 0 Å². The summed E-state index contributed by atoms with van der Waals surface area (Å²) in [6, 6.07) is 3.80. The lowest BCUT2D eigenvalue weighted by molar-refractivity contribution is 0.455. The first-order valence-corrected chi connectivity index (χ1v) is 6.24. The molecule has 0 saturated heterocycles. The predicted octanol–water partition coefficient (Wildman–Crippen LogP) is 3.20. The van der Waals surface area contributed by atoms with Crippen molar-refractivity contribution in [3.63, 3.8) is 0 Å². The number of hydrogen-bond acceptors (Lipinski definition) is 1. The summed E-state index contributed by atoms with van der Waals surface area (Å²) < 4.78 is 27.0. The highest BCUT2D eigenvalue weighted by molar-refractivity contribution is 5.25. The van der Waals surface area contributed by atoms with E-state index >= 15 is 0 Å². The van der Waals surface area contributed by atoms with Gasteiger partial charge >= 0.3 is 0 Å². The smallest absolute Gasteiger partial charge is 0.162 e. The maximum atomic E-state index is 13.6. The Labute approximate surface area is 101 Å². The molecule has 1 saturated carbocycles. The van der Waals surface area contributed by atoms with Gasteiger partial charge in [-0.2, -0.15) is 0 Å². The van der Waals surface area contributed by atoms with Gasteiger partial charge in [-0.15, -0.1) is 0 Å². The van der Waals surface area contributed by atoms with Crippen LogP contribution in [0.25, 0.3) is 0 Å². The number of hydrogen-bond donors (Lipinski definition) is 1. The molecule has 1 nitrogen and oxygen atoms in total. The summed E-state index contributed by atoms with van der Waals surface area (Å²) in [5.41, 5.74) is 0.868. The molecule has 1 unspecified atom stereocenters. The summed E-state index contributed by atoms with van der Waals surface area (Å²) in [5.74, 6) is -0.635. The maximum absolute atomic E-state index is 13.6. The number of nitrogens with one attached hydrogen (secondary N) is 1. The van der Waals surface area contributed by atoms with Gasteiger partial charge in [0.15, 0.2) is 11.6 Å². The number of benzene rings is 1. The topological polar surface area (TPSA) is 12.0 Å². The lowest BCUT2D eigenvalue weighted by Gasteiger charge is -2.15. The first-order valence-electron chi connectivity index (χ1n) is 6.24. The number of aryl methyl sites for hydroxylation is 2. The second-order valence-corrected chi connectivity index (χ2v) is 4.94. The van der Waals surface area contributed by atoms with E-state index in [9.17, 15) is 8.78 Å². The van der Waals surface area contributed by atoms with Gasteiger partial charge in [0.1, 0.15) is 0 Å². The van der Waals surface area contributed by atoms with Crippen LogP contribution in [0.5, 0.6) is 0 Å². The Morgan fingerprint density at radius 3 is 2.59 bits per heavy atom. The van der Waals surface area contributed by atoms with Crippen molar-refractivity contribution < 1.29 is 8.78 Å². The molecule has 0 heterocycles. The van der Waals surface area contributed by atoms with Gasteiger partial charge in [0.05, 0.1) is 0 Å². The van der Waals surface area contributed by atoms with Crippen LogP contribution in [0.4, 0.5) is 8.78 Å². The van der Waals surface area contributed by atoms with Crippen molar-refractivity contribution in [1.82, 2.24) is 5.32 Å². The zero-order chi connectivity index (χ0) is 12.4. The highest BCUT2D eigenvalue weighted by atomic mass is 19.2. The third-order valence-electron chi connectivity index (χ3n) is 3.64. The highest BCUT2D eigenvalue weighted by Gasteiger charge is 2.29. The monoisotopic (exact) mass is 239 g/mol. The van der Waals surface area contributed by atoms with Crippen LogP contribution in [0.1, 0.15) is 30.4 Å². The standard InChI is InChI=1S/C14H19F2N/c1-9-3-4-11(14(16)13(9)15)7-8-12(17-2)10-5-6-10/h3-4,10,12,17H,5-8H2,1-2H3. The van der Waals surface area contributed by atoms with E-state index in [0.717, 1.165) is 12.3 Å². The van der Waals surface area contributed by atoms with Crippen LogP contribution in [0.15, 0.2) is 12.1 Å². The van der Waals surface area contributed by atoms with E-state index < -0.39 is 11.6 Å². The molecule has 0 amide bonds. The van der Waals surface area contributed by atoms with Crippen LogP contribution in [-0.2, 0) is 6.42 Å². The molecule has 2 rings (SSSR count). The molecule has 17 heavy (non-hydrogen) atoms. The fourth-order valence-electron chi connectivity index (χ4n) is 2.30. The van der Waals surface area contributed by atoms with Crippen molar-refractivity contribution in [2.24, 2.45) is 5.92 Å². The van der Waals surface area contributed by atoms with E-state index in [0.29, 0.717) is 23.6 Å². The molecule has 94 valence electrons. The van der Waals surface area contributed by atoms with Gasteiger partial charge < -0.3 is 5.32 Å². The van der Waals surface area contributed by atoms with Crippen LogP contribution in [0, 0.1) is 24.5 Å². The average molecular weight is 239 g/mol. The Hall–Kier alpha value is -0.960. The third-order valence-corrected chi connectivity index (χ3v) is 3.64. The molecule has 1 aliphatic rings. The maximum Gasteiger partial charge on any atom is 0.162 e. The second kappa shape index (κ2) is 5.13. The van der Waals surface area contributed by atoms with Crippen LogP contribution >= 0.6 is 0 Å². The SMILES string of the molecule is CNC(CCc1ccc(C)c(F)c1F)C1CC1. The summed E-state index contributed by atoms with van der Waals surface area (Å²) in [7, 11) is 1.94. The molecule has 3 heteroatoms. The van der Waals surface area contributed by atoms with Crippen LogP contribution in [-0.4, -0.2) is 13.1 Å². The van der Waals surface area contributed by atoms with Gasteiger partial charge in [-0.05, 0) is 56.7 Å². The zero-order valence-corrected chi connectivity index (χ0v) is 10.4. The van der Waals surface area contributed by atoms with Gasteiger partial charge in [-0.1, -0.05) is 12.1 Å². The van der Waals surface area contributed by atoms with E-state index in [4.69, 9.17) is 0 Å². The molecule has 1 aromatic carbocycles. The normalized spacial score (nSPS) is 17.2. The zero-order valence-electron chi connectivity index (χ0n) is 10.4. The first kappa shape index (κ1) is 12.5. The lowest BCUT2D eigenvalue weighted by Crippen LogP contribution is -2.27. The minimum absolute atomic E-state index is 0.374. The largest absolute Gasteiger partial charge is 0.317 e. The quantitative estimate of drug-likeness (QED) is 0.832. The average Bonchev–Trinajstić information content (AvgIpc) is 3.14. The molecule has 1 atom stereocenters. The molecule has 1 N–H and O–H groups in total. The Kier molecular flexibility index (Phi) is 3.77. The van der Waals surface area contributed by atoms with Crippen molar-refractivity contribution in [2.75, 3.05) is 7.05 Å². The van der Waals surface area contributed by atoms with E-state index in [1.165, 1.54) is 12.8 Å². The van der Waals surface area contributed by atoms with Crippen LogP contribution in [0.2, 0.25) is 0 Å². The summed E-state index contributed by atoms with van der Waals surface area (Å²) in [6.07, 6.45) is 4.00. The summed E-state index contributed by atoms with van der Waals surface area (Å²) in [6.45, 7) is 1.59. The number of rotatable bonds is 5. The van der Waals surface area contributed by atoms with Crippen molar-refractivity contribution in [2.45, 2.75) is 38.6 Å². The Balaban J connectivity index is 2.01. The van der Waals surface area contributed by atoms with Gasteiger partial charge in [0.25, 0.3) is 0 Å². The van der Waals surface area contributed by atoms with Gasteiger partial charge in [0.2, 0.25) is 0 Å². The molecular formula is C14H19F2N. The highest BCUT2D eigenvalue weighted by Crippen LogP contribution is 2.34. The van der Waals surface area contributed by atoms with Crippen molar-refractivity contribution in [1.29, 1.82) is 0 Å². The molecule has 1 fully saturated rings. The van der Waals surface area contributed by atoms with Crippen molar-refractivity contribution in [3.05, 3.63) is 34.9 Å². The predicted molar refractivity (Wildman–Crippen MR) is 65.0 cm³/mol. The molecule has 0 radical (unpaired) electrons. The third kappa shape index (κ3) is 2.83. The fourth-order valence-corrected chi connectivity index (χ4v) is 2.30. The second-order valence-electron chi connectivity index (χ2n) is 4.94. The Bertz CT molecular complexity index is 399. The Morgan fingerprint density at radius 1 is 1.29 bits per heavy atom. The molecule has 1 aromatic rings. The minimum atomic E-state index is -0.699. The first-order chi connectivity index (χ1) is 8.13. The molecule has 0 spiro atoms. The van der Waals surface area contributed by atoms with Gasteiger partial charge in [-0.25, -0.2) is 8.78 Å². The summed E-state index contributed by atoms with van der Waals surface area (Å²) in [4.78, 5) is 0. The van der Waals surface area contributed by atoms with E-state index in [1.54, 1.807) is 19.1 Å². The minimum Gasteiger partial charge on any atom is -0.317 e. The molecule has 1 aliphatic carbocycles. The Morgan fingerprint density at radius 2 is 2.00 bits per heavy atom. The molecular weight excluding hydrogens is 220 g/mol. The molecule has 0 bridgehead atoms. The van der Waals surface area contributed by atoms with Gasteiger partial charge in [0, 0.05) is 6.04 Å². The molecule has 0 aliphatic heterocycles. The summed E-state index contributed by atoms with van der Waals surface area (Å²) in [5, 5.41) is 3.26. The van der Waals surface area contributed by atoms with Crippen LogP contribution < -0.4 is 5.32 Å².